The number of rotatable bonds is 4. The molecule has 98 valence electrons. The standard InChI is InChI=1S/C15H22N2O/c1-11-7-12(2)14(18-6)13(8-11)9-17(5)15(3,4)10-16/h7-8H,9H2,1-6H3. The molecule has 3 nitrogen and oxygen atoms in total. The molecule has 1 rings (SSSR count). The van der Waals surface area contributed by atoms with E-state index in [0.29, 0.717) is 6.54 Å². The van der Waals surface area contributed by atoms with Crippen molar-refractivity contribution in [1.82, 2.24) is 4.90 Å². The average molecular weight is 246 g/mol. The molecule has 0 radical (unpaired) electrons. The number of nitrogens with zero attached hydrogens (tertiary/aromatic N) is 2. The summed E-state index contributed by atoms with van der Waals surface area (Å²) in [4.78, 5) is 2.03. The normalized spacial score (nSPS) is 11.4. The lowest BCUT2D eigenvalue weighted by Gasteiger charge is -2.29. The molecule has 0 N–H and O–H groups in total. The van der Waals surface area contributed by atoms with Crippen LogP contribution in [0.3, 0.4) is 0 Å². The fourth-order valence-corrected chi connectivity index (χ4v) is 1.99. The first-order chi connectivity index (χ1) is 8.31. The van der Waals surface area contributed by atoms with Crippen LogP contribution in [0.5, 0.6) is 5.75 Å². The molecule has 0 saturated carbocycles. The Morgan fingerprint density at radius 1 is 1.33 bits per heavy atom. The number of ether oxygens (including phenoxy) is 1. The van der Waals surface area contributed by atoms with Gasteiger partial charge < -0.3 is 4.74 Å². The summed E-state index contributed by atoms with van der Waals surface area (Å²) in [5, 5.41) is 9.16. The van der Waals surface area contributed by atoms with Crippen LogP contribution >= 0.6 is 0 Å². The van der Waals surface area contributed by atoms with Crippen LogP contribution in [0, 0.1) is 25.2 Å². The molecule has 0 aromatic heterocycles. The van der Waals surface area contributed by atoms with Crippen molar-refractivity contribution in [3.8, 4) is 11.8 Å². The third kappa shape index (κ3) is 3.02. The number of hydrogen-bond donors (Lipinski definition) is 0. The topological polar surface area (TPSA) is 36.3 Å². The number of nitriles is 1. The zero-order chi connectivity index (χ0) is 13.9. The molecule has 0 saturated heterocycles. The molecule has 0 atom stereocenters. The summed E-state index contributed by atoms with van der Waals surface area (Å²) in [5.74, 6) is 0.918. The molecule has 0 unspecified atom stereocenters. The van der Waals surface area contributed by atoms with Gasteiger partial charge in [-0.05, 0) is 40.3 Å². The van der Waals surface area contributed by atoms with Crippen LogP contribution < -0.4 is 4.74 Å². The third-order valence-electron chi connectivity index (χ3n) is 3.34. The van der Waals surface area contributed by atoms with E-state index in [-0.39, 0.29) is 0 Å². The molecule has 3 heteroatoms. The van der Waals surface area contributed by atoms with Crippen molar-refractivity contribution in [2.24, 2.45) is 0 Å². The lowest BCUT2D eigenvalue weighted by molar-refractivity contribution is 0.200. The molecule has 0 bridgehead atoms. The summed E-state index contributed by atoms with van der Waals surface area (Å²) >= 11 is 0. The number of methoxy groups -OCH3 is 1. The molecule has 0 fully saturated rings. The van der Waals surface area contributed by atoms with Gasteiger partial charge in [0, 0.05) is 12.1 Å². The lowest BCUT2D eigenvalue weighted by atomic mass is 10.0. The SMILES string of the molecule is COc1c(C)cc(C)cc1CN(C)C(C)(C)C#N. The van der Waals surface area contributed by atoms with Crippen LogP contribution in [0.15, 0.2) is 12.1 Å². The second kappa shape index (κ2) is 5.41. The van der Waals surface area contributed by atoms with Crippen molar-refractivity contribution < 1.29 is 4.74 Å². The first-order valence-corrected chi connectivity index (χ1v) is 6.08. The molecule has 0 spiro atoms. The van der Waals surface area contributed by atoms with Crippen molar-refractivity contribution in [3.63, 3.8) is 0 Å². The molecule has 1 aromatic rings. The maximum atomic E-state index is 9.16. The first kappa shape index (κ1) is 14.5. The molecular formula is C15H22N2O. The zero-order valence-electron chi connectivity index (χ0n) is 12.2. The Morgan fingerprint density at radius 3 is 2.44 bits per heavy atom. The quantitative estimate of drug-likeness (QED) is 0.819. The highest BCUT2D eigenvalue weighted by atomic mass is 16.5. The number of benzene rings is 1. The highest BCUT2D eigenvalue weighted by Crippen LogP contribution is 2.27. The lowest BCUT2D eigenvalue weighted by Crippen LogP contribution is -2.39. The minimum absolute atomic E-state index is 0.483. The van der Waals surface area contributed by atoms with Crippen LogP contribution in [0.4, 0.5) is 0 Å². The van der Waals surface area contributed by atoms with Gasteiger partial charge >= 0.3 is 0 Å². The Hall–Kier alpha value is -1.53. The minimum atomic E-state index is -0.483. The van der Waals surface area contributed by atoms with Crippen molar-refractivity contribution >= 4 is 0 Å². The van der Waals surface area contributed by atoms with Gasteiger partial charge in [-0.3, -0.25) is 4.90 Å². The van der Waals surface area contributed by atoms with Gasteiger partial charge in [-0.25, -0.2) is 0 Å². The zero-order valence-corrected chi connectivity index (χ0v) is 12.2. The highest BCUT2D eigenvalue weighted by molar-refractivity contribution is 5.43. The van der Waals surface area contributed by atoms with Gasteiger partial charge in [-0.2, -0.15) is 5.26 Å². The van der Waals surface area contributed by atoms with Gasteiger partial charge in [0.25, 0.3) is 0 Å². The Bertz CT molecular complexity index is 472. The average Bonchev–Trinajstić information content (AvgIpc) is 2.28. The van der Waals surface area contributed by atoms with Gasteiger partial charge in [0.15, 0.2) is 0 Å². The smallest absolute Gasteiger partial charge is 0.126 e. The fourth-order valence-electron chi connectivity index (χ4n) is 1.99. The number of hydrogen-bond acceptors (Lipinski definition) is 3. The molecule has 0 amide bonds. The van der Waals surface area contributed by atoms with E-state index in [1.807, 2.05) is 32.7 Å². The molecule has 0 heterocycles. The summed E-state index contributed by atoms with van der Waals surface area (Å²) in [6.07, 6.45) is 0. The van der Waals surface area contributed by atoms with Gasteiger partial charge in [0.1, 0.15) is 11.3 Å². The second-order valence-electron chi connectivity index (χ2n) is 5.30. The summed E-state index contributed by atoms with van der Waals surface area (Å²) < 4.78 is 5.47. The van der Waals surface area contributed by atoms with E-state index in [1.165, 1.54) is 5.56 Å². The fraction of sp³-hybridized carbons (Fsp3) is 0.533. The molecule has 1 aromatic carbocycles. The van der Waals surface area contributed by atoms with E-state index >= 15 is 0 Å². The first-order valence-electron chi connectivity index (χ1n) is 6.08. The Morgan fingerprint density at radius 2 is 1.94 bits per heavy atom. The van der Waals surface area contributed by atoms with Gasteiger partial charge in [-0.15, -0.1) is 0 Å². The maximum absolute atomic E-state index is 9.16. The Balaban J connectivity index is 3.08. The van der Waals surface area contributed by atoms with E-state index in [9.17, 15) is 0 Å². The molecular weight excluding hydrogens is 224 g/mol. The van der Waals surface area contributed by atoms with Crippen LogP contribution in [0.25, 0.3) is 0 Å². The second-order valence-corrected chi connectivity index (χ2v) is 5.30. The largest absolute Gasteiger partial charge is 0.496 e. The number of aryl methyl sites for hydroxylation is 2. The minimum Gasteiger partial charge on any atom is -0.496 e. The van der Waals surface area contributed by atoms with Crippen molar-refractivity contribution in [2.45, 2.75) is 39.8 Å². The van der Waals surface area contributed by atoms with E-state index in [1.54, 1.807) is 7.11 Å². The van der Waals surface area contributed by atoms with Crippen LogP contribution in [0.2, 0.25) is 0 Å². The predicted molar refractivity (Wildman–Crippen MR) is 73.6 cm³/mol. The summed E-state index contributed by atoms with van der Waals surface area (Å²) in [5.41, 5.74) is 2.99. The van der Waals surface area contributed by atoms with E-state index in [0.717, 1.165) is 16.9 Å². The van der Waals surface area contributed by atoms with Gasteiger partial charge in [0.05, 0.1) is 13.2 Å². The van der Waals surface area contributed by atoms with Crippen molar-refractivity contribution in [2.75, 3.05) is 14.2 Å². The Labute approximate surface area is 110 Å². The molecule has 0 aliphatic rings. The van der Waals surface area contributed by atoms with E-state index < -0.39 is 5.54 Å². The molecule has 18 heavy (non-hydrogen) atoms. The van der Waals surface area contributed by atoms with Crippen molar-refractivity contribution in [3.05, 3.63) is 28.8 Å². The van der Waals surface area contributed by atoms with Crippen LogP contribution in [-0.2, 0) is 6.54 Å². The predicted octanol–water partition coefficient (Wildman–Crippen LogP) is 3.05. The van der Waals surface area contributed by atoms with Gasteiger partial charge in [-0.1, -0.05) is 17.7 Å². The van der Waals surface area contributed by atoms with E-state index in [4.69, 9.17) is 10.00 Å². The van der Waals surface area contributed by atoms with Crippen LogP contribution in [0.1, 0.15) is 30.5 Å². The third-order valence-corrected chi connectivity index (χ3v) is 3.34. The summed E-state index contributed by atoms with van der Waals surface area (Å²) in [6, 6.07) is 6.54. The Kier molecular flexibility index (Phi) is 4.37. The van der Waals surface area contributed by atoms with Crippen molar-refractivity contribution in [1.29, 1.82) is 5.26 Å². The summed E-state index contributed by atoms with van der Waals surface area (Å²) in [7, 11) is 3.65. The van der Waals surface area contributed by atoms with Crippen LogP contribution in [-0.4, -0.2) is 24.6 Å². The monoisotopic (exact) mass is 246 g/mol. The highest BCUT2D eigenvalue weighted by Gasteiger charge is 2.24. The molecule has 0 aliphatic heterocycles. The molecule has 0 aliphatic carbocycles. The summed E-state index contributed by atoms with van der Waals surface area (Å²) in [6.45, 7) is 8.66. The van der Waals surface area contributed by atoms with E-state index in [2.05, 4.69) is 25.1 Å². The maximum Gasteiger partial charge on any atom is 0.126 e. The van der Waals surface area contributed by atoms with Gasteiger partial charge in [0.2, 0.25) is 0 Å².